The van der Waals surface area contributed by atoms with Crippen LogP contribution in [0.2, 0.25) is 0 Å². The third-order valence-corrected chi connectivity index (χ3v) is 2.31. The van der Waals surface area contributed by atoms with Crippen LogP contribution in [0.4, 0.5) is 17.6 Å². The molecule has 0 aliphatic heterocycles. The standard InChI is InChI=1S/C8H5BrF4O/c9-5-1-2-6(10)4(3-14)7(5)8(11,12)13/h1-2,14H,3H2. The molecule has 14 heavy (non-hydrogen) atoms. The second-order valence-electron chi connectivity index (χ2n) is 2.54. The molecular formula is C8H5BrF4O. The first-order valence-corrected chi connectivity index (χ1v) is 4.32. The van der Waals surface area contributed by atoms with E-state index in [9.17, 15) is 17.6 Å². The summed E-state index contributed by atoms with van der Waals surface area (Å²) in [6.07, 6.45) is -4.68. The molecule has 0 heterocycles. The van der Waals surface area contributed by atoms with Crippen LogP contribution in [-0.2, 0) is 12.8 Å². The van der Waals surface area contributed by atoms with E-state index in [1.165, 1.54) is 0 Å². The molecule has 1 N–H and O–H groups in total. The summed E-state index contributed by atoms with van der Waals surface area (Å²) in [7, 11) is 0. The van der Waals surface area contributed by atoms with E-state index in [2.05, 4.69) is 15.9 Å². The van der Waals surface area contributed by atoms with E-state index in [1.54, 1.807) is 0 Å². The highest BCUT2D eigenvalue weighted by atomic mass is 79.9. The van der Waals surface area contributed by atoms with E-state index in [1.807, 2.05) is 0 Å². The maximum Gasteiger partial charge on any atom is 0.417 e. The first-order valence-electron chi connectivity index (χ1n) is 3.53. The van der Waals surface area contributed by atoms with Gasteiger partial charge < -0.3 is 5.11 Å². The first kappa shape index (κ1) is 11.5. The number of hydrogen-bond donors (Lipinski definition) is 1. The number of alkyl halides is 3. The summed E-state index contributed by atoms with van der Waals surface area (Å²) in [5.74, 6) is -1.07. The fraction of sp³-hybridized carbons (Fsp3) is 0.250. The third kappa shape index (κ3) is 2.06. The van der Waals surface area contributed by atoms with Gasteiger partial charge in [0, 0.05) is 10.0 Å². The average Bonchev–Trinajstić information content (AvgIpc) is 2.06. The first-order chi connectivity index (χ1) is 6.38. The molecular weight excluding hydrogens is 268 g/mol. The Kier molecular flexibility index (Phi) is 3.16. The molecule has 1 nitrogen and oxygen atoms in total. The van der Waals surface area contributed by atoms with Crippen LogP contribution in [0.3, 0.4) is 0 Å². The predicted octanol–water partition coefficient (Wildman–Crippen LogP) is 3.10. The fourth-order valence-corrected chi connectivity index (χ4v) is 1.65. The van der Waals surface area contributed by atoms with Crippen LogP contribution in [0.5, 0.6) is 0 Å². The maximum absolute atomic E-state index is 12.9. The predicted molar refractivity (Wildman–Crippen MR) is 45.0 cm³/mol. The molecule has 0 spiro atoms. The summed E-state index contributed by atoms with van der Waals surface area (Å²) in [6, 6.07) is 1.82. The Hall–Kier alpha value is -0.620. The van der Waals surface area contributed by atoms with Crippen LogP contribution in [0.1, 0.15) is 11.1 Å². The number of halogens is 5. The molecule has 0 amide bonds. The molecule has 78 valence electrons. The summed E-state index contributed by atoms with van der Waals surface area (Å²) < 4.78 is 49.7. The lowest BCUT2D eigenvalue weighted by atomic mass is 10.1. The number of aliphatic hydroxyl groups excluding tert-OH is 1. The molecule has 0 saturated carbocycles. The lowest BCUT2D eigenvalue weighted by molar-refractivity contribution is -0.139. The fourth-order valence-electron chi connectivity index (χ4n) is 1.05. The van der Waals surface area contributed by atoms with Crippen LogP contribution in [0.15, 0.2) is 16.6 Å². The number of hydrogen-bond acceptors (Lipinski definition) is 1. The molecule has 0 atom stereocenters. The molecule has 0 aromatic heterocycles. The van der Waals surface area contributed by atoms with Gasteiger partial charge in [-0.05, 0) is 12.1 Å². The average molecular weight is 273 g/mol. The largest absolute Gasteiger partial charge is 0.417 e. The summed E-state index contributed by atoms with van der Waals surface area (Å²) in [6.45, 7) is -0.986. The van der Waals surface area contributed by atoms with Gasteiger partial charge in [0.1, 0.15) is 5.82 Å². The van der Waals surface area contributed by atoms with Crippen molar-refractivity contribution >= 4 is 15.9 Å². The Balaban J connectivity index is 3.46. The summed E-state index contributed by atoms with van der Waals surface area (Å²) in [5.41, 5.74) is -1.91. The lowest BCUT2D eigenvalue weighted by Crippen LogP contribution is -2.12. The second-order valence-corrected chi connectivity index (χ2v) is 3.39. The molecule has 6 heteroatoms. The SMILES string of the molecule is OCc1c(F)ccc(Br)c1C(F)(F)F. The molecule has 0 aliphatic carbocycles. The lowest BCUT2D eigenvalue weighted by Gasteiger charge is -2.13. The minimum absolute atomic E-state index is 0.282. The molecule has 0 saturated heterocycles. The molecule has 0 radical (unpaired) electrons. The normalized spacial score (nSPS) is 11.9. The maximum atomic E-state index is 12.9. The van der Waals surface area contributed by atoms with Crippen LogP contribution in [0.25, 0.3) is 0 Å². The van der Waals surface area contributed by atoms with E-state index < -0.39 is 29.7 Å². The Morgan fingerprint density at radius 1 is 1.29 bits per heavy atom. The van der Waals surface area contributed by atoms with Crippen molar-refractivity contribution in [2.75, 3.05) is 0 Å². The summed E-state index contributed by atoms with van der Waals surface area (Å²) >= 11 is 2.66. The van der Waals surface area contributed by atoms with Crippen molar-refractivity contribution in [2.24, 2.45) is 0 Å². The van der Waals surface area contributed by atoms with E-state index in [4.69, 9.17) is 5.11 Å². The smallest absolute Gasteiger partial charge is 0.392 e. The van der Waals surface area contributed by atoms with Gasteiger partial charge in [0.2, 0.25) is 0 Å². The van der Waals surface area contributed by atoms with Crippen LogP contribution >= 0.6 is 15.9 Å². The molecule has 0 fully saturated rings. The van der Waals surface area contributed by atoms with Crippen molar-refractivity contribution in [1.82, 2.24) is 0 Å². The number of benzene rings is 1. The van der Waals surface area contributed by atoms with Crippen molar-refractivity contribution in [3.8, 4) is 0 Å². The van der Waals surface area contributed by atoms with Crippen LogP contribution in [-0.4, -0.2) is 5.11 Å². The van der Waals surface area contributed by atoms with Gasteiger partial charge in [-0.15, -0.1) is 0 Å². The highest BCUT2D eigenvalue weighted by Gasteiger charge is 2.36. The summed E-state index contributed by atoms with van der Waals surface area (Å²) in [5, 5.41) is 8.63. The monoisotopic (exact) mass is 272 g/mol. The van der Waals surface area contributed by atoms with Gasteiger partial charge in [0.15, 0.2) is 0 Å². The highest BCUT2D eigenvalue weighted by molar-refractivity contribution is 9.10. The molecule has 1 aromatic rings. The summed E-state index contributed by atoms with van der Waals surface area (Å²) in [4.78, 5) is 0. The van der Waals surface area contributed by atoms with Crippen LogP contribution < -0.4 is 0 Å². The van der Waals surface area contributed by atoms with Gasteiger partial charge in [-0.3, -0.25) is 0 Å². The van der Waals surface area contributed by atoms with Gasteiger partial charge in [-0.25, -0.2) is 4.39 Å². The number of aliphatic hydroxyl groups is 1. The molecule has 0 bridgehead atoms. The Bertz CT molecular complexity index is 348. The minimum atomic E-state index is -4.68. The van der Waals surface area contributed by atoms with Crippen molar-refractivity contribution < 1.29 is 22.7 Å². The van der Waals surface area contributed by atoms with E-state index in [-0.39, 0.29) is 4.47 Å². The molecule has 1 rings (SSSR count). The van der Waals surface area contributed by atoms with Gasteiger partial charge >= 0.3 is 6.18 Å². The van der Waals surface area contributed by atoms with Gasteiger partial charge in [0.25, 0.3) is 0 Å². The second kappa shape index (κ2) is 3.86. The highest BCUT2D eigenvalue weighted by Crippen LogP contribution is 2.38. The minimum Gasteiger partial charge on any atom is -0.392 e. The van der Waals surface area contributed by atoms with E-state index in [0.717, 1.165) is 12.1 Å². The zero-order valence-corrected chi connectivity index (χ0v) is 8.28. The van der Waals surface area contributed by atoms with Crippen molar-refractivity contribution in [3.05, 3.63) is 33.5 Å². The quantitative estimate of drug-likeness (QED) is 0.779. The van der Waals surface area contributed by atoms with Crippen molar-refractivity contribution in [2.45, 2.75) is 12.8 Å². The van der Waals surface area contributed by atoms with Crippen molar-refractivity contribution in [3.63, 3.8) is 0 Å². The Morgan fingerprint density at radius 2 is 1.86 bits per heavy atom. The zero-order chi connectivity index (χ0) is 10.9. The number of rotatable bonds is 1. The molecule has 1 aromatic carbocycles. The Labute approximate surface area is 85.5 Å². The van der Waals surface area contributed by atoms with Crippen molar-refractivity contribution in [1.29, 1.82) is 0 Å². The van der Waals surface area contributed by atoms with Gasteiger partial charge in [-0.2, -0.15) is 13.2 Å². The zero-order valence-electron chi connectivity index (χ0n) is 6.70. The van der Waals surface area contributed by atoms with Gasteiger partial charge in [0.05, 0.1) is 12.2 Å². The van der Waals surface area contributed by atoms with E-state index in [0.29, 0.717) is 0 Å². The van der Waals surface area contributed by atoms with E-state index >= 15 is 0 Å². The topological polar surface area (TPSA) is 20.2 Å². The molecule has 0 unspecified atom stereocenters. The van der Waals surface area contributed by atoms with Crippen LogP contribution in [0, 0.1) is 5.82 Å². The van der Waals surface area contributed by atoms with Gasteiger partial charge in [-0.1, -0.05) is 15.9 Å². The molecule has 0 aliphatic rings. The third-order valence-electron chi connectivity index (χ3n) is 1.65. The Morgan fingerprint density at radius 3 is 2.21 bits per heavy atom.